The van der Waals surface area contributed by atoms with Crippen molar-refractivity contribution in [2.24, 2.45) is 0 Å². The van der Waals surface area contributed by atoms with Crippen molar-refractivity contribution in [3.05, 3.63) is 30.1 Å². The number of rotatable bonds is 6. The maximum Gasteiger partial charge on any atom is 0.181 e. The van der Waals surface area contributed by atoms with E-state index in [0.717, 1.165) is 17.1 Å². The molecule has 2 N–H and O–H groups in total. The Balaban J connectivity index is 2.07. The van der Waals surface area contributed by atoms with Gasteiger partial charge in [0.1, 0.15) is 5.82 Å². The van der Waals surface area contributed by atoms with Crippen molar-refractivity contribution >= 4 is 5.69 Å². The number of benzene rings is 1. The van der Waals surface area contributed by atoms with Gasteiger partial charge < -0.3 is 14.8 Å². The maximum absolute atomic E-state index is 5.12. The van der Waals surface area contributed by atoms with E-state index in [1.807, 2.05) is 31.2 Å². The molecule has 0 aliphatic rings. The first-order chi connectivity index (χ1) is 9.22. The zero-order chi connectivity index (χ0) is 13.7. The molecule has 0 spiro atoms. The molecule has 6 nitrogen and oxygen atoms in total. The molecular weight excluding hydrogens is 244 g/mol. The van der Waals surface area contributed by atoms with Crippen LogP contribution in [-0.2, 0) is 9.47 Å². The third-order valence-corrected chi connectivity index (χ3v) is 2.72. The molecule has 1 heterocycles. The Labute approximate surface area is 112 Å². The van der Waals surface area contributed by atoms with Gasteiger partial charge >= 0.3 is 0 Å². The van der Waals surface area contributed by atoms with Gasteiger partial charge in [0.2, 0.25) is 0 Å². The fourth-order valence-electron chi connectivity index (χ4n) is 1.70. The summed E-state index contributed by atoms with van der Waals surface area (Å²) in [7, 11) is 3.23. The number of methoxy groups -OCH3 is 2. The van der Waals surface area contributed by atoms with Crippen LogP contribution in [-0.4, -0.2) is 42.2 Å². The standard InChI is InChI=1S/C13H18N4O2/c1-9-15-13(17-16-9)10-5-4-6-11(7-10)14-8-12(18-2)19-3/h4-7,12,14H,8H2,1-3H3,(H,15,16,17). The van der Waals surface area contributed by atoms with Gasteiger partial charge in [-0.25, -0.2) is 4.98 Å². The van der Waals surface area contributed by atoms with E-state index in [1.54, 1.807) is 14.2 Å². The average Bonchev–Trinajstić information content (AvgIpc) is 2.87. The highest BCUT2D eigenvalue weighted by molar-refractivity contribution is 5.62. The Morgan fingerprint density at radius 2 is 2.11 bits per heavy atom. The summed E-state index contributed by atoms with van der Waals surface area (Å²) in [6.07, 6.45) is -0.269. The van der Waals surface area contributed by atoms with Gasteiger partial charge in [0.05, 0.1) is 6.54 Å². The molecule has 0 fully saturated rings. The van der Waals surface area contributed by atoms with Gasteiger partial charge in [0.15, 0.2) is 12.1 Å². The third-order valence-electron chi connectivity index (χ3n) is 2.72. The highest BCUT2D eigenvalue weighted by atomic mass is 16.7. The minimum absolute atomic E-state index is 0.269. The fourth-order valence-corrected chi connectivity index (χ4v) is 1.70. The Morgan fingerprint density at radius 1 is 1.32 bits per heavy atom. The smallest absolute Gasteiger partial charge is 0.181 e. The van der Waals surface area contributed by atoms with E-state index >= 15 is 0 Å². The summed E-state index contributed by atoms with van der Waals surface area (Å²) < 4.78 is 10.2. The molecule has 0 aliphatic heterocycles. The summed E-state index contributed by atoms with van der Waals surface area (Å²) >= 11 is 0. The van der Waals surface area contributed by atoms with Gasteiger partial charge in [-0.3, -0.25) is 5.10 Å². The van der Waals surface area contributed by atoms with Gasteiger partial charge in [-0.1, -0.05) is 12.1 Å². The van der Waals surface area contributed by atoms with Crippen molar-refractivity contribution in [3.8, 4) is 11.4 Å². The van der Waals surface area contributed by atoms with Crippen LogP contribution in [0.5, 0.6) is 0 Å². The first-order valence-corrected chi connectivity index (χ1v) is 6.02. The number of hydrogen-bond acceptors (Lipinski definition) is 5. The number of anilines is 1. The van der Waals surface area contributed by atoms with E-state index < -0.39 is 0 Å². The minimum atomic E-state index is -0.269. The van der Waals surface area contributed by atoms with Gasteiger partial charge in [0.25, 0.3) is 0 Å². The Hall–Kier alpha value is -1.92. The van der Waals surface area contributed by atoms with Crippen molar-refractivity contribution in [1.29, 1.82) is 0 Å². The molecule has 102 valence electrons. The van der Waals surface area contributed by atoms with E-state index in [2.05, 4.69) is 20.5 Å². The van der Waals surface area contributed by atoms with E-state index in [1.165, 1.54) is 0 Å². The monoisotopic (exact) mass is 262 g/mol. The van der Waals surface area contributed by atoms with Crippen LogP contribution in [0, 0.1) is 6.92 Å². The highest BCUT2D eigenvalue weighted by Crippen LogP contribution is 2.19. The number of ether oxygens (including phenoxy) is 2. The van der Waals surface area contributed by atoms with Crippen molar-refractivity contribution in [3.63, 3.8) is 0 Å². The van der Waals surface area contributed by atoms with E-state index in [-0.39, 0.29) is 6.29 Å². The van der Waals surface area contributed by atoms with Crippen molar-refractivity contribution < 1.29 is 9.47 Å². The molecule has 2 rings (SSSR count). The first-order valence-electron chi connectivity index (χ1n) is 6.02. The zero-order valence-corrected chi connectivity index (χ0v) is 11.3. The minimum Gasteiger partial charge on any atom is -0.380 e. The lowest BCUT2D eigenvalue weighted by Gasteiger charge is -2.15. The molecule has 19 heavy (non-hydrogen) atoms. The molecule has 0 bridgehead atoms. The maximum atomic E-state index is 5.12. The number of H-pyrrole nitrogens is 1. The summed E-state index contributed by atoms with van der Waals surface area (Å²) in [5, 5.41) is 10.2. The number of nitrogens with zero attached hydrogens (tertiary/aromatic N) is 2. The van der Waals surface area contributed by atoms with Gasteiger partial charge in [0, 0.05) is 25.5 Å². The molecule has 0 atom stereocenters. The number of nitrogens with one attached hydrogen (secondary N) is 2. The van der Waals surface area contributed by atoms with Gasteiger partial charge in [-0.05, 0) is 19.1 Å². The molecule has 0 radical (unpaired) electrons. The van der Waals surface area contributed by atoms with Gasteiger partial charge in [-0.15, -0.1) is 0 Å². The second-order valence-corrected chi connectivity index (χ2v) is 4.11. The van der Waals surface area contributed by atoms with Crippen LogP contribution < -0.4 is 5.32 Å². The molecule has 1 aromatic carbocycles. The highest BCUT2D eigenvalue weighted by Gasteiger charge is 2.07. The molecule has 0 aliphatic carbocycles. The van der Waals surface area contributed by atoms with Crippen LogP contribution in [0.15, 0.2) is 24.3 Å². The van der Waals surface area contributed by atoms with E-state index in [4.69, 9.17) is 9.47 Å². The van der Waals surface area contributed by atoms with Crippen molar-refractivity contribution in [1.82, 2.24) is 15.2 Å². The summed E-state index contributed by atoms with van der Waals surface area (Å²) in [6, 6.07) is 7.90. The topological polar surface area (TPSA) is 72.1 Å². The summed E-state index contributed by atoms with van der Waals surface area (Å²) in [5.41, 5.74) is 1.93. The van der Waals surface area contributed by atoms with Crippen LogP contribution in [0.3, 0.4) is 0 Å². The average molecular weight is 262 g/mol. The second kappa shape index (κ2) is 6.31. The number of aromatic nitrogens is 3. The van der Waals surface area contributed by atoms with Crippen LogP contribution in [0.2, 0.25) is 0 Å². The first kappa shape index (κ1) is 13.5. The summed E-state index contributed by atoms with van der Waals surface area (Å²) in [4.78, 5) is 4.31. The SMILES string of the molecule is COC(CNc1cccc(-c2n[nH]c(C)n2)c1)OC. The molecule has 2 aromatic rings. The molecule has 0 amide bonds. The van der Waals surface area contributed by atoms with Crippen LogP contribution in [0.25, 0.3) is 11.4 Å². The fraction of sp³-hybridized carbons (Fsp3) is 0.385. The van der Waals surface area contributed by atoms with Crippen molar-refractivity contribution in [2.75, 3.05) is 26.1 Å². The van der Waals surface area contributed by atoms with E-state index in [9.17, 15) is 0 Å². The number of aromatic amines is 1. The number of hydrogen-bond donors (Lipinski definition) is 2. The largest absolute Gasteiger partial charge is 0.380 e. The van der Waals surface area contributed by atoms with Crippen molar-refractivity contribution in [2.45, 2.75) is 13.2 Å². The Morgan fingerprint density at radius 3 is 2.74 bits per heavy atom. The normalized spacial score (nSPS) is 10.9. The number of aryl methyl sites for hydroxylation is 1. The second-order valence-electron chi connectivity index (χ2n) is 4.11. The Kier molecular flexibility index (Phi) is 4.48. The molecular formula is C13H18N4O2. The molecule has 1 aromatic heterocycles. The molecule has 0 saturated carbocycles. The lowest BCUT2D eigenvalue weighted by Crippen LogP contribution is -2.23. The van der Waals surface area contributed by atoms with Gasteiger partial charge in [-0.2, -0.15) is 5.10 Å². The zero-order valence-electron chi connectivity index (χ0n) is 11.3. The molecule has 6 heteroatoms. The van der Waals surface area contributed by atoms with Crippen LogP contribution >= 0.6 is 0 Å². The molecule has 0 unspecified atom stereocenters. The Bertz CT molecular complexity index is 523. The summed E-state index contributed by atoms with van der Waals surface area (Å²) in [5.74, 6) is 1.49. The lowest BCUT2D eigenvalue weighted by atomic mass is 10.2. The predicted octanol–water partition coefficient (Wildman–Crippen LogP) is 1.81. The third kappa shape index (κ3) is 3.52. The summed E-state index contributed by atoms with van der Waals surface area (Å²) in [6.45, 7) is 2.45. The quantitative estimate of drug-likeness (QED) is 0.777. The van der Waals surface area contributed by atoms with Crippen LogP contribution in [0.4, 0.5) is 5.69 Å². The predicted molar refractivity (Wildman–Crippen MR) is 72.9 cm³/mol. The van der Waals surface area contributed by atoms with E-state index in [0.29, 0.717) is 12.4 Å². The lowest BCUT2D eigenvalue weighted by molar-refractivity contribution is -0.0914. The van der Waals surface area contributed by atoms with Crippen LogP contribution in [0.1, 0.15) is 5.82 Å². The molecule has 0 saturated heterocycles.